The molecule has 1 saturated heterocycles. The summed E-state index contributed by atoms with van der Waals surface area (Å²) in [6.45, 7) is 7.30. The molecule has 2 fully saturated rings. The summed E-state index contributed by atoms with van der Waals surface area (Å²) in [7, 11) is 0. The van der Waals surface area contributed by atoms with Gasteiger partial charge in [0, 0.05) is 6.42 Å². The maximum atomic E-state index is 11.0. The van der Waals surface area contributed by atoms with Gasteiger partial charge < -0.3 is 20.1 Å². The van der Waals surface area contributed by atoms with Gasteiger partial charge in [-0.3, -0.25) is 0 Å². The van der Waals surface area contributed by atoms with Gasteiger partial charge in [0.25, 0.3) is 0 Å². The fraction of sp³-hybridized carbons (Fsp3) is 1.00. The van der Waals surface area contributed by atoms with Crippen molar-refractivity contribution < 1.29 is 20.1 Å². The number of rotatable bonds is 0. The van der Waals surface area contributed by atoms with Gasteiger partial charge in [-0.1, -0.05) is 13.8 Å². The highest BCUT2D eigenvalue weighted by Gasteiger charge is 2.66. The first-order valence-corrected chi connectivity index (χ1v) is 6.37. The van der Waals surface area contributed by atoms with Crippen LogP contribution in [0.4, 0.5) is 0 Å². The lowest BCUT2D eigenvalue weighted by molar-refractivity contribution is -0.383. The quantitative estimate of drug-likeness (QED) is 0.598. The predicted octanol–water partition coefficient (Wildman–Crippen LogP) is 1.18. The third-order valence-electron chi connectivity index (χ3n) is 5.00. The SMILES string of the molecule is CC1(C)CC[C@H](O)[C@]2(C)O[C@](C)(O)CC[C@@]12O. The number of ether oxygens (including phenoxy) is 1. The van der Waals surface area contributed by atoms with Crippen molar-refractivity contribution in [2.45, 2.75) is 76.5 Å². The molecule has 2 aliphatic rings. The number of hydrogen-bond acceptors (Lipinski definition) is 4. The minimum Gasteiger partial charge on any atom is -0.390 e. The fourth-order valence-corrected chi connectivity index (χ4v) is 3.59. The van der Waals surface area contributed by atoms with Crippen molar-refractivity contribution >= 4 is 0 Å². The Morgan fingerprint density at radius 3 is 2.18 bits per heavy atom. The third-order valence-corrected chi connectivity index (χ3v) is 5.00. The number of hydrogen-bond donors (Lipinski definition) is 3. The van der Waals surface area contributed by atoms with E-state index in [1.165, 1.54) is 0 Å². The van der Waals surface area contributed by atoms with Crippen LogP contribution >= 0.6 is 0 Å². The number of fused-ring (bicyclic) bond motifs is 1. The van der Waals surface area contributed by atoms with Gasteiger partial charge in [-0.25, -0.2) is 0 Å². The minimum absolute atomic E-state index is 0.322. The Labute approximate surface area is 103 Å². The second kappa shape index (κ2) is 3.44. The zero-order valence-corrected chi connectivity index (χ0v) is 11.2. The molecule has 1 aliphatic heterocycles. The first-order chi connectivity index (χ1) is 7.54. The standard InChI is InChI=1S/C13H24O4/c1-10(2)6-5-9(14)12(4)13(10,16)8-7-11(3,15)17-12/h9,14-16H,5-8H2,1-4H3/t9-,11-,12-,13+/m0/s1. The Bertz CT molecular complexity index is 325. The topological polar surface area (TPSA) is 69.9 Å². The van der Waals surface area contributed by atoms with Gasteiger partial charge in [0.05, 0.1) is 6.10 Å². The Hall–Kier alpha value is -0.160. The van der Waals surface area contributed by atoms with Gasteiger partial charge in [-0.2, -0.15) is 0 Å². The molecule has 1 aliphatic carbocycles. The molecular weight excluding hydrogens is 220 g/mol. The normalized spacial score (nSPS) is 54.2. The van der Waals surface area contributed by atoms with E-state index in [9.17, 15) is 15.3 Å². The molecule has 0 amide bonds. The molecule has 4 nitrogen and oxygen atoms in total. The molecule has 0 bridgehead atoms. The summed E-state index contributed by atoms with van der Waals surface area (Å²) in [4.78, 5) is 0. The molecule has 1 heterocycles. The smallest absolute Gasteiger partial charge is 0.163 e. The summed E-state index contributed by atoms with van der Waals surface area (Å²) in [5.41, 5.74) is -2.52. The molecule has 1 saturated carbocycles. The van der Waals surface area contributed by atoms with E-state index in [1.54, 1.807) is 13.8 Å². The molecule has 4 atom stereocenters. The molecule has 3 N–H and O–H groups in total. The van der Waals surface area contributed by atoms with E-state index in [-0.39, 0.29) is 5.41 Å². The number of aliphatic hydroxyl groups excluding tert-OH is 1. The summed E-state index contributed by atoms with van der Waals surface area (Å²) in [6, 6.07) is 0. The summed E-state index contributed by atoms with van der Waals surface area (Å²) in [6.07, 6.45) is 1.43. The average molecular weight is 244 g/mol. The first-order valence-electron chi connectivity index (χ1n) is 6.37. The highest BCUT2D eigenvalue weighted by Crippen LogP contribution is 2.57. The van der Waals surface area contributed by atoms with Crippen LogP contribution in [0, 0.1) is 5.41 Å². The summed E-state index contributed by atoms with van der Waals surface area (Å²) in [5.74, 6) is -1.27. The van der Waals surface area contributed by atoms with E-state index in [0.717, 1.165) is 6.42 Å². The zero-order valence-electron chi connectivity index (χ0n) is 11.2. The minimum atomic E-state index is -1.27. The van der Waals surface area contributed by atoms with Crippen molar-refractivity contribution in [2.24, 2.45) is 5.41 Å². The van der Waals surface area contributed by atoms with Crippen molar-refractivity contribution in [1.29, 1.82) is 0 Å². The summed E-state index contributed by atoms with van der Waals surface area (Å²) in [5, 5.41) is 31.2. The van der Waals surface area contributed by atoms with Gasteiger partial charge in [-0.15, -0.1) is 0 Å². The van der Waals surface area contributed by atoms with E-state index >= 15 is 0 Å². The lowest BCUT2D eigenvalue weighted by Crippen LogP contribution is -2.74. The largest absolute Gasteiger partial charge is 0.390 e. The van der Waals surface area contributed by atoms with Gasteiger partial charge in [0.2, 0.25) is 0 Å². The van der Waals surface area contributed by atoms with Crippen LogP contribution in [0.3, 0.4) is 0 Å². The zero-order chi connectivity index (χ0) is 13.1. The van der Waals surface area contributed by atoms with Crippen molar-refractivity contribution in [2.75, 3.05) is 0 Å². The van der Waals surface area contributed by atoms with Crippen LogP contribution < -0.4 is 0 Å². The molecule has 0 radical (unpaired) electrons. The molecular formula is C13H24O4. The van der Waals surface area contributed by atoms with Crippen LogP contribution in [-0.4, -0.2) is 38.4 Å². The summed E-state index contributed by atoms with van der Waals surface area (Å²) < 4.78 is 5.67. The molecule has 2 rings (SSSR count). The highest BCUT2D eigenvalue weighted by atomic mass is 16.7. The molecule has 0 aromatic heterocycles. The van der Waals surface area contributed by atoms with Crippen LogP contribution in [0.2, 0.25) is 0 Å². The maximum Gasteiger partial charge on any atom is 0.163 e. The molecule has 0 unspecified atom stereocenters. The Kier molecular flexibility index (Phi) is 2.69. The molecule has 17 heavy (non-hydrogen) atoms. The van der Waals surface area contributed by atoms with E-state index in [2.05, 4.69) is 0 Å². The van der Waals surface area contributed by atoms with E-state index in [4.69, 9.17) is 4.74 Å². The van der Waals surface area contributed by atoms with Crippen molar-refractivity contribution in [1.82, 2.24) is 0 Å². The maximum absolute atomic E-state index is 11.0. The summed E-state index contributed by atoms with van der Waals surface area (Å²) >= 11 is 0. The lowest BCUT2D eigenvalue weighted by Gasteiger charge is -2.63. The van der Waals surface area contributed by atoms with E-state index in [1.807, 2.05) is 13.8 Å². The fourth-order valence-electron chi connectivity index (χ4n) is 3.59. The second-order valence-corrected chi connectivity index (χ2v) is 6.68. The lowest BCUT2D eigenvalue weighted by atomic mass is 9.54. The van der Waals surface area contributed by atoms with Gasteiger partial charge in [-0.05, 0) is 38.5 Å². The Morgan fingerprint density at radius 1 is 1.00 bits per heavy atom. The highest BCUT2D eigenvalue weighted by molar-refractivity contribution is 5.15. The Balaban J connectivity index is 2.45. The molecule has 0 aromatic carbocycles. The third kappa shape index (κ3) is 1.65. The van der Waals surface area contributed by atoms with Crippen LogP contribution in [0.25, 0.3) is 0 Å². The first kappa shape index (κ1) is 13.3. The van der Waals surface area contributed by atoms with Gasteiger partial charge >= 0.3 is 0 Å². The molecule has 100 valence electrons. The van der Waals surface area contributed by atoms with Crippen molar-refractivity contribution in [3.63, 3.8) is 0 Å². The van der Waals surface area contributed by atoms with Crippen LogP contribution in [0.15, 0.2) is 0 Å². The molecule has 0 spiro atoms. The average Bonchev–Trinajstić information content (AvgIpc) is 2.18. The molecule has 4 heteroatoms. The monoisotopic (exact) mass is 244 g/mol. The van der Waals surface area contributed by atoms with E-state index in [0.29, 0.717) is 19.3 Å². The van der Waals surface area contributed by atoms with Gasteiger partial charge in [0.1, 0.15) is 11.2 Å². The predicted molar refractivity (Wildman–Crippen MR) is 63.3 cm³/mol. The van der Waals surface area contributed by atoms with Crippen LogP contribution in [0.5, 0.6) is 0 Å². The molecule has 0 aromatic rings. The van der Waals surface area contributed by atoms with Gasteiger partial charge in [0.15, 0.2) is 5.79 Å². The Morgan fingerprint density at radius 2 is 1.59 bits per heavy atom. The van der Waals surface area contributed by atoms with E-state index < -0.39 is 23.1 Å². The number of aliphatic hydroxyl groups is 3. The van der Waals surface area contributed by atoms with Crippen LogP contribution in [0.1, 0.15) is 53.4 Å². The van der Waals surface area contributed by atoms with Crippen LogP contribution in [-0.2, 0) is 4.74 Å². The van der Waals surface area contributed by atoms with Crippen molar-refractivity contribution in [3.8, 4) is 0 Å². The second-order valence-electron chi connectivity index (χ2n) is 6.68. The van der Waals surface area contributed by atoms with Crippen molar-refractivity contribution in [3.05, 3.63) is 0 Å².